The van der Waals surface area contributed by atoms with Gasteiger partial charge in [-0.3, -0.25) is 4.79 Å². The van der Waals surface area contributed by atoms with Crippen LogP contribution < -0.4 is 10.1 Å². The number of thiazole rings is 1. The Hall–Kier alpha value is -2.08. The van der Waals surface area contributed by atoms with Crippen molar-refractivity contribution in [3.63, 3.8) is 0 Å². The Morgan fingerprint density at radius 1 is 1.52 bits per heavy atom. The van der Waals surface area contributed by atoms with Crippen LogP contribution >= 0.6 is 11.3 Å². The van der Waals surface area contributed by atoms with Crippen molar-refractivity contribution in [2.24, 2.45) is 0 Å². The topological polar surface area (TPSA) is 60.5 Å². The minimum atomic E-state index is -0.275. The number of anilines is 1. The van der Waals surface area contributed by atoms with Crippen LogP contribution in [0, 0.1) is 0 Å². The summed E-state index contributed by atoms with van der Waals surface area (Å²) in [6.07, 6.45) is 1.10. The molecule has 0 saturated carbocycles. The third kappa shape index (κ3) is 3.16. The molecule has 2 aromatic rings. The number of carbonyl (C=O) groups excluding carboxylic acids is 1. The quantitative estimate of drug-likeness (QED) is 0.880. The maximum atomic E-state index is 11.2. The summed E-state index contributed by atoms with van der Waals surface area (Å²) in [4.78, 5) is 15.7. The summed E-state index contributed by atoms with van der Waals surface area (Å²) in [7, 11) is 1.38. The van der Waals surface area contributed by atoms with Gasteiger partial charge in [0.15, 0.2) is 5.13 Å². The van der Waals surface area contributed by atoms with Gasteiger partial charge in [-0.1, -0.05) is 18.2 Å². The summed E-state index contributed by atoms with van der Waals surface area (Å²) in [5.41, 5.74) is 1.88. The molecule has 110 valence electrons. The number of aromatic nitrogens is 1. The molecule has 2 heterocycles. The third-order valence-corrected chi connectivity index (χ3v) is 4.18. The lowest BCUT2D eigenvalue weighted by Crippen LogP contribution is -2.20. The zero-order valence-electron chi connectivity index (χ0n) is 11.7. The molecule has 1 aliphatic heterocycles. The number of rotatable bonds is 4. The predicted molar refractivity (Wildman–Crippen MR) is 80.8 cm³/mol. The van der Waals surface area contributed by atoms with Crippen molar-refractivity contribution < 1.29 is 14.3 Å². The number of ether oxygens (including phenoxy) is 2. The smallest absolute Gasteiger partial charge is 0.311 e. The number of hydrogen-bond donors (Lipinski definition) is 1. The summed E-state index contributed by atoms with van der Waals surface area (Å²) in [6.45, 7) is 0.690. The Kier molecular flexibility index (Phi) is 4.06. The lowest BCUT2D eigenvalue weighted by Gasteiger charge is -2.26. The molecule has 0 fully saturated rings. The van der Waals surface area contributed by atoms with E-state index in [1.807, 2.05) is 23.6 Å². The van der Waals surface area contributed by atoms with E-state index in [2.05, 4.69) is 21.1 Å². The number of esters is 1. The molecule has 0 spiro atoms. The minimum Gasteiger partial charge on any atom is -0.493 e. The first-order chi connectivity index (χ1) is 10.3. The summed E-state index contributed by atoms with van der Waals surface area (Å²) < 4.78 is 10.3. The van der Waals surface area contributed by atoms with Gasteiger partial charge in [-0.05, 0) is 6.07 Å². The fraction of sp³-hybridized carbons (Fsp3) is 0.333. The molecule has 1 aliphatic rings. The zero-order valence-corrected chi connectivity index (χ0v) is 12.5. The Bertz CT molecular complexity index is 641. The summed E-state index contributed by atoms with van der Waals surface area (Å²) >= 11 is 1.50. The van der Waals surface area contributed by atoms with Gasteiger partial charge in [-0.2, -0.15) is 0 Å². The molecular formula is C15H16N2O3S. The number of methoxy groups -OCH3 is 1. The highest BCUT2D eigenvalue weighted by atomic mass is 32.1. The van der Waals surface area contributed by atoms with E-state index in [9.17, 15) is 4.79 Å². The molecule has 0 amide bonds. The average molecular weight is 304 g/mol. The second-order valence-electron chi connectivity index (χ2n) is 4.77. The second kappa shape index (κ2) is 6.13. The highest BCUT2D eigenvalue weighted by molar-refractivity contribution is 7.13. The predicted octanol–water partition coefficient (Wildman–Crippen LogP) is 2.79. The molecule has 0 bridgehead atoms. The van der Waals surface area contributed by atoms with Gasteiger partial charge in [0.1, 0.15) is 5.75 Å². The van der Waals surface area contributed by atoms with Crippen molar-refractivity contribution in [3.8, 4) is 5.75 Å². The van der Waals surface area contributed by atoms with E-state index in [1.54, 1.807) is 0 Å². The van der Waals surface area contributed by atoms with Crippen LogP contribution in [0.2, 0.25) is 0 Å². The maximum absolute atomic E-state index is 11.2. The van der Waals surface area contributed by atoms with Crippen LogP contribution in [0.4, 0.5) is 5.13 Å². The van der Waals surface area contributed by atoms with Gasteiger partial charge < -0.3 is 14.8 Å². The van der Waals surface area contributed by atoms with Crippen LogP contribution in [0.3, 0.4) is 0 Å². The van der Waals surface area contributed by atoms with E-state index in [1.165, 1.54) is 18.4 Å². The first-order valence-corrected chi connectivity index (χ1v) is 7.63. The van der Waals surface area contributed by atoms with Gasteiger partial charge in [-0.25, -0.2) is 4.98 Å². The fourth-order valence-corrected chi connectivity index (χ4v) is 3.08. The Morgan fingerprint density at radius 2 is 2.38 bits per heavy atom. The Balaban J connectivity index is 1.72. The van der Waals surface area contributed by atoms with Crippen molar-refractivity contribution in [3.05, 3.63) is 40.9 Å². The summed E-state index contributed by atoms with van der Waals surface area (Å²) in [5, 5.41) is 6.12. The van der Waals surface area contributed by atoms with E-state index < -0.39 is 0 Å². The molecule has 3 rings (SSSR count). The highest BCUT2D eigenvalue weighted by Crippen LogP contribution is 2.34. The van der Waals surface area contributed by atoms with E-state index in [0.717, 1.165) is 28.6 Å². The van der Waals surface area contributed by atoms with Crippen LogP contribution in [0.25, 0.3) is 0 Å². The van der Waals surface area contributed by atoms with Gasteiger partial charge in [0, 0.05) is 17.4 Å². The average Bonchev–Trinajstić information content (AvgIpc) is 2.94. The van der Waals surface area contributed by atoms with Crippen LogP contribution in [0.1, 0.15) is 23.7 Å². The fourth-order valence-electron chi connectivity index (χ4n) is 2.32. The molecule has 0 aliphatic carbocycles. The highest BCUT2D eigenvalue weighted by Gasteiger charge is 2.21. The summed E-state index contributed by atoms with van der Waals surface area (Å²) in [6, 6.07) is 8.21. The molecule has 0 radical (unpaired) electrons. The number of para-hydroxylation sites is 1. The second-order valence-corrected chi connectivity index (χ2v) is 5.63. The molecule has 1 aromatic heterocycles. The number of nitrogens with zero attached hydrogens (tertiary/aromatic N) is 1. The van der Waals surface area contributed by atoms with E-state index in [0.29, 0.717) is 6.61 Å². The van der Waals surface area contributed by atoms with Crippen molar-refractivity contribution in [1.29, 1.82) is 0 Å². The lowest BCUT2D eigenvalue weighted by molar-refractivity contribution is -0.139. The van der Waals surface area contributed by atoms with Gasteiger partial charge in [-0.15, -0.1) is 11.3 Å². The molecular weight excluding hydrogens is 288 g/mol. The van der Waals surface area contributed by atoms with Crippen molar-refractivity contribution >= 4 is 22.4 Å². The standard InChI is InChI=1S/C15H16N2O3S/c1-19-14(18)8-10-9-21-15(16-10)17-12-6-7-20-13-5-3-2-4-11(12)13/h2-5,9,12H,6-8H2,1H3,(H,16,17). The number of benzene rings is 1. The first kappa shape index (κ1) is 13.9. The molecule has 0 saturated heterocycles. The molecule has 5 nitrogen and oxygen atoms in total. The summed E-state index contributed by atoms with van der Waals surface area (Å²) in [5.74, 6) is 0.649. The monoisotopic (exact) mass is 304 g/mol. The molecule has 1 atom stereocenters. The Morgan fingerprint density at radius 3 is 3.24 bits per heavy atom. The van der Waals surface area contributed by atoms with Crippen molar-refractivity contribution in [1.82, 2.24) is 4.98 Å². The SMILES string of the molecule is COC(=O)Cc1csc(NC2CCOc3ccccc32)n1. The van der Waals surface area contributed by atoms with Crippen LogP contribution in [-0.2, 0) is 16.0 Å². The maximum Gasteiger partial charge on any atom is 0.311 e. The van der Waals surface area contributed by atoms with Crippen LogP contribution in [0.15, 0.2) is 29.6 Å². The molecule has 21 heavy (non-hydrogen) atoms. The molecule has 1 unspecified atom stereocenters. The van der Waals surface area contributed by atoms with E-state index >= 15 is 0 Å². The molecule has 6 heteroatoms. The van der Waals surface area contributed by atoms with Gasteiger partial charge in [0.25, 0.3) is 0 Å². The minimum absolute atomic E-state index is 0.187. The molecule has 1 aromatic carbocycles. The van der Waals surface area contributed by atoms with Crippen LogP contribution in [0.5, 0.6) is 5.75 Å². The number of fused-ring (bicyclic) bond motifs is 1. The number of nitrogens with one attached hydrogen (secondary N) is 1. The largest absolute Gasteiger partial charge is 0.493 e. The number of carbonyl (C=O) groups is 1. The van der Waals surface area contributed by atoms with Gasteiger partial charge in [0.2, 0.25) is 0 Å². The van der Waals surface area contributed by atoms with E-state index in [-0.39, 0.29) is 18.4 Å². The molecule has 1 N–H and O–H groups in total. The zero-order chi connectivity index (χ0) is 14.7. The first-order valence-electron chi connectivity index (χ1n) is 6.76. The van der Waals surface area contributed by atoms with Crippen LogP contribution in [-0.4, -0.2) is 24.7 Å². The van der Waals surface area contributed by atoms with Gasteiger partial charge in [0.05, 0.1) is 31.9 Å². The normalized spacial score (nSPS) is 16.7. The van der Waals surface area contributed by atoms with Gasteiger partial charge >= 0.3 is 5.97 Å². The third-order valence-electron chi connectivity index (χ3n) is 3.36. The van der Waals surface area contributed by atoms with Crippen molar-refractivity contribution in [2.75, 3.05) is 19.0 Å². The van der Waals surface area contributed by atoms with Crippen molar-refractivity contribution in [2.45, 2.75) is 18.9 Å². The number of hydrogen-bond acceptors (Lipinski definition) is 6. The van der Waals surface area contributed by atoms with E-state index in [4.69, 9.17) is 4.74 Å². The lowest BCUT2D eigenvalue weighted by atomic mass is 10.0. The Labute approximate surface area is 126 Å².